The third kappa shape index (κ3) is 1.80. The van der Waals surface area contributed by atoms with Crippen molar-refractivity contribution in [3.8, 4) is 0 Å². The third-order valence-electron chi connectivity index (χ3n) is 1.32. The molecule has 2 heteroatoms. The maximum Gasteiger partial charge on any atom is 0.255 e. The van der Waals surface area contributed by atoms with E-state index in [0.717, 1.165) is 20.0 Å². The molecule has 1 aliphatic heterocycles. The molecular formula is C6H13O2+. The highest BCUT2D eigenvalue weighted by atomic mass is 16.8. The molecule has 48 valence electrons. The van der Waals surface area contributed by atoms with Gasteiger partial charge in [0.2, 0.25) is 0 Å². The van der Waals surface area contributed by atoms with Crippen molar-refractivity contribution in [3.05, 3.63) is 0 Å². The Balaban J connectivity index is 2.17. The molecule has 0 amide bonds. The van der Waals surface area contributed by atoms with Crippen LogP contribution in [0, 0.1) is 0 Å². The van der Waals surface area contributed by atoms with E-state index in [9.17, 15) is 0 Å². The van der Waals surface area contributed by atoms with E-state index in [4.69, 9.17) is 4.74 Å². The van der Waals surface area contributed by atoms with Gasteiger partial charge in [0.25, 0.3) is 6.79 Å². The predicted octanol–water partition coefficient (Wildman–Crippen LogP) is 0.936. The van der Waals surface area contributed by atoms with E-state index in [1.54, 1.807) is 0 Å². The number of hydrogen-bond donors (Lipinski definition) is 0. The highest BCUT2D eigenvalue weighted by Crippen LogP contribution is 2.02. The molecule has 0 saturated carbocycles. The molecule has 1 fully saturated rings. The zero-order chi connectivity index (χ0) is 5.82. The Morgan fingerprint density at radius 1 is 1.38 bits per heavy atom. The largest absolute Gasteiger partial charge is 0.403 e. The van der Waals surface area contributed by atoms with Crippen LogP contribution < -0.4 is 0 Å². The summed E-state index contributed by atoms with van der Waals surface area (Å²) in [6.07, 6.45) is 2.46. The van der Waals surface area contributed by atoms with Crippen molar-refractivity contribution in [2.75, 3.05) is 27.1 Å². The van der Waals surface area contributed by atoms with Crippen molar-refractivity contribution in [1.29, 1.82) is 0 Å². The van der Waals surface area contributed by atoms with Gasteiger partial charge in [0.05, 0.1) is 6.61 Å². The van der Waals surface area contributed by atoms with Crippen LogP contribution in [0.15, 0.2) is 0 Å². The quantitative estimate of drug-likeness (QED) is 0.430. The van der Waals surface area contributed by atoms with Crippen molar-refractivity contribution in [3.63, 3.8) is 0 Å². The molecule has 8 heavy (non-hydrogen) atoms. The van der Waals surface area contributed by atoms with E-state index in [0.29, 0.717) is 0 Å². The summed E-state index contributed by atoms with van der Waals surface area (Å²) in [6, 6.07) is 0. The minimum atomic E-state index is 0.736. The highest BCUT2D eigenvalue weighted by Gasteiger charge is 2.06. The normalized spacial score (nSPS) is 25.1. The average Bonchev–Trinajstić information content (AvgIpc) is 1.94. The van der Waals surface area contributed by atoms with Crippen LogP contribution in [-0.2, 0) is 9.10 Å². The third-order valence-corrected chi connectivity index (χ3v) is 1.32. The molecule has 1 saturated heterocycles. The van der Waals surface area contributed by atoms with Crippen LogP contribution in [0.3, 0.4) is 0 Å². The first kappa shape index (κ1) is 6.05. The zero-order valence-corrected chi connectivity index (χ0v) is 5.35. The standard InChI is InChI=1S/C6H13O2/c1-8-5-3-2-4-7-6-8/h2-6H2,1H3/q+1. The van der Waals surface area contributed by atoms with Gasteiger partial charge in [0, 0.05) is 6.42 Å². The minimum Gasteiger partial charge on any atom is -0.403 e. The Morgan fingerprint density at radius 2 is 2.25 bits per heavy atom. The molecule has 0 N–H and O–H groups in total. The number of ether oxygens (including phenoxy) is 1. The second-order valence-corrected chi connectivity index (χ2v) is 2.22. The Morgan fingerprint density at radius 3 is 3.12 bits per heavy atom. The average molecular weight is 117 g/mol. The van der Waals surface area contributed by atoms with E-state index >= 15 is 0 Å². The number of hydrogen-bond acceptors (Lipinski definition) is 1. The first-order valence-corrected chi connectivity index (χ1v) is 3.06. The molecular weight excluding hydrogens is 104 g/mol. The van der Waals surface area contributed by atoms with Crippen LogP contribution in [0.4, 0.5) is 0 Å². The molecule has 0 aliphatic carbocycles. The SMILES string of the molecule is C[O+]1CCCCOC1. The summed E-state index contributed by atoms with van der Waals surface area (Å²) in [4.78, 5) is 0. The lowest BCUT2D eigenvalue weighted by Gasteiger charge is -2.07. The predicted molar refractivity (Wildman–Crippen MR) is 31.9 cm³/mol. The van der Waals surface area contributed by atoms with Crippen LogP contribution >= 0.6 is 0 Å². The van der Waals surface area contributed by atoms with Gasteiger partial charge in [-0.25, -0.2) is 0 Å². The molecule has 1 aliphatic rings. The van der Waals surface area contributed by atoms with Gasteiger partial charge in [0.1, 0.15) is 13.7 Å². The Bertz CT molecular complexity index is 55.5. The van der Waals surface area contributed by atoms with Crippen LogP contribution in [-0.4, -0.2) is 27.1 Å². The Labute approximate surface area is 50.1 Å². The summed E-state index contributed by atoms with van der Waals surface area (Å²) in [5, 5.41) is 0. The smallest absolute Gasteiger partial charge is 0.255 e. The lowest BCUT2D eigenvalue weighted by Crippen LogP contribution is -2.10. The van der Waals surface area contributed by atoms with E-state index in [1.165, 1.54) is 12.8 Å². The zero-order valence-electron chi connectivity index (χ0n) is 5.35. The number of rotatable bonds is 0. The fraction of sp³-hybridized carbons (Fsp3) is 1.00. The fourth-order valence-electron chi connectivity index (χ4n) is 0.813. The van der Waals surface area contributed by atoms with Crippen LogP contribution in [0.25, 0.3) is 0 Å². The summed E-state index contributed by atoms with van der Waals surface area (Å²) in [5.74, 6) is 0. The Hall–Kier alpha value is -0.0800. The van der Waals surface area contributed by atoms with E-state index in [-0.39, 0.29) is 0 Å². The van der Waals surface area contributed by atoms with E-state index < -0.39 is 0 Å². The summed E-state index contributed by atoms with van der Waals surface area (Å²) in [6.45, 7) is 2.78. The van der Waals surface area contributed by atoms with Gasteiger partial charge in [0.15, 0.2) is 0 Å². The molecule has 0 radical (unpaired) electrons. The maximum absolute atomic E-state index is 5.20. The molecule has 0 aromatic heterocycles. The topological polar surface area (TPSA) is 11.9 Å². The van der Waals surface area contributed by atoms with Crippen LogP contribution in [0.5, 0.6) is 0 Å². The lowest BCUT2D eigenvalue weighted by atomic mass is 10.3. The lowest BCUT2D eigenvalue weighted by molar-refractivity contribution is -0.183. The van der Waals surface area contributed by atoms with Crippen LogP contribution in [0.2, 0.25) is 0 Å². The van der Waals surface area contributed by atoms with Gasteiger partial charge in [-0.05, 0) is 6.42 Å². The van der Waals surface area contributed by atoms with Crippen LogP contribution in [0.1, 0.15) is 12.8 Å². The van der Waals surface area contributed by atoms with Gasteiger partial charge in [-0.1, -0.05) is 0 Å². The first-order valence-electron chi connectivity index (χ1n) is 3.06. The molecule has 1 rings (SSSR count). The summed E-state index contributed by atoms with van der Waals surface area (Å²) >= 11 is 0. The summed E-state index contributed by atoms with van der Waals surface area (Å²) in [5.41, 5.74) is 0. The van der Waals surface area contributed by atoms with Crippen molar-refractivity contribution in [1.82, 2.24) is 0 Å². The summed E-state index contributed by atoms with van der Waals surface area (Å²) in [7, 11) is 2.01. The maximum atomic E-state index is 5.20. The molecule has 0 aromatic carbocycles. The summed E-state index contributed by atoms with van der Waals surface area (Å²) < 4.78 is 8.10. The van der Waals surface area contributed by atoms with Gasteiger partial charge >= 0.3 is 0 Å². The fourth-order valence-corrected chi connectivity index (χ4v) is 0.813. The van der Waals surface area contributed by atoms with E-state index in [2.05, 4.69) is 4.37 Å². The monoisotopic (exact) mass is 117 g/mol. The highest BCUT2D eigenvalue weighted by molar-refractivity contribution is 4.42. The first-order chi connectivity index (χ1) is 3.89. The molecule has 0 spiro atoms. The van der Waals surface area contributed by atoms with Gasteiger partial charge in [-0.2, -0.15) is 0 Å². The van der Waals surface area contributed by atoms with Gasteiger partial charge in [-0.15, -0.1) is 0 Å². The van der Waals surface area contributed by atoms with Gasteiger partial charge < -0.3 is 9.10 Å². The molecule has 0 atom stereocenters. The van der Waals surface area contributed by atoms with Crippen molar-refractivity contribution < 1.29 is 9.10 Å². The van der Waals surface area contributed by atoms with Crippen molar-refractivity contribution in [2.24, 2.45) is 0 Å². The van der Waals surface area contributed by atoms with Crippen molar-refractivity contribution >= 4 is 0 Å². The van der Waals surface area contributed by atoms with Crippen molar-refractivity contribution in [2.45, 2.75) is 12.8 Å². The molecule has 1 heterocycles. The molecule has 2 nitrogen and oxygen atoms in total. The second-order valence-electron chi connectivity index (χ2n) is 2.22. The second kappa shape index (κ2) is 3.05. The Kier molecular flexibility index (Phi) is 2.30. The molecule has 0 aromatic rings. The minimum absolute atomic E-state index is 0.736. The molecule has 0 bridgehead atoms. The van der Waals surface area contributed by atoms with E-state index in [1.807, 2.05) is 7.11 Å². The molecule has 0 unspecified atom stereocenters. The van der Waals surface area contributed by atoms with Gasteiger partial charge in [-0.3, -0.25) is 0 Å².